The van der Waals surface area contributed by atoms with E-state index in [0.717, 1.165) is 0 Å². The summed E-state index contributed by atoms with van der Waals surface area (Å²) < 4.78 is 106. The maximum absolute atomic E-state index is 13.5. The monoisotopic (exact) mass is 613 g/mol. The Morgan fingerprint density at radius 2 is 1.70 bits per heavy atom. The van der Waals surface area contributed by atoms with Crippen LogP contribution in [0.3, 0.4) is 0 Å². The summed E-state index contributed by atoms with van der Waals surface area (Å²) in [6, 6.07) is 7.08. The van der Waals surface area contributed by atoms with Gasteiger partial charge in [-0.2, -0.15) is 26.3 Å². The van der Waals surface area contributed by atoms with E-state index >= 15 is 0 Å². The van der Waals surface area contributed by atoms with Gasteiger partial charge in [0, 0.05) is 13.0 Å². The molecule has 0 bridgehead atoms. The molecule has 4 aromatic rings. The fourth-order valence-electron chi connectivity index (χ4n) is 5.20. The molecule has 3 heterocycles. The average Bonchev–Trinajstić information content (AvgIpc) is 3.39. The van der Waals surface area contributed by atoms with Crippen LogP contribution in [-0.2, 0) is 35.0 Å². The maximum Gasteiger partial charge on any atom is 0.416 e. The normalized spacial score (nSPS) is 25.5. The number of alkyl halides is 6. The van der Waals surface area contributed by atoms with E-state index in [9.17, 15) is 40.9 Å². The molecule has 0 amide bonds. The zero-order valence-corrected chi connectivity index (χ0v) is 21.8. The molecule has 228 valence electrons. The average molecular weight is 613 g/mol. The molecule has 1 aliphatic carbocycles. The second-order valence-electron chi connectivity index (χ2n) is 10.3. The molecule has 3 N–H and O–H groups in total. The summed E-state index contributed by atoms with van der Waals surface area (Å²) in [4.78, 5) is 12.6. The number of rotatable bonds is 7. The van der Waals surface area contributed by atoms with Crippen molar-refractivity contribution in [1.82, 2.24) is 19.5 Å². The Morgan fingerprint density at radius 1 is 0.977 bits per heavy atom. The van der Waals surface area contributed by atoms with Gasteiger partial charge in [-0.1, -0.05) is 12.1 Å². The fraction of sp³-hybridized carbons (Fsp3) is 0.370. The molecule has 43 heavy (non-hydrogen) atoms. The van der Waals surface area contributed by atoms with Gasteiger partial charge < -0.3 is 25.0 Å². The molecule has 5 atom stereocenters. The lowest BCUT2D eigenvalue weighted by molar-refractivity contribution is -0.143. The van der Waals surface area contributed by atoms with E-state index in [0.29, 0.717) is 29.0 Å². The topological polar surface area (TPSA) is 115 Å². The lowest BCUT2D eigenvalue weighted by Crippen LogP contribution is -2.35. The third-order valence-electron chi connectivity index (χ3n) is 7.43. The highest BCUT2D eigenvalue weighted by Crippen LogP contribution is 2.55. The predicted octanol–water partition coefficient (Wildman–Crippen LogP) is 4.59. The number of ether oxygens (including phenoxy) is 2. The van der Waals surface area contributed by atoms with Crippen LogP contribution in [0, 0.1) is 5.82 Å². The number of imidazole rings is 1. The molecule has 1 saturated heterocycles. The molecule has 2 aromatic carbocycles. The van der Waals surface area contributed by atoms with Crippen molar-refractivity contribution in [3.63, 3.8) is 0 Å². The van der Waals surface area contributed by atoms with Crippen LogP contribution in [0.15, 0.2) is 55.1 Å². The Balaban J connectivity index is 1.17. The first-order valence-corrected chi connectivity index (χ1v) is 12.9. The summed E-state index contributed by atoms with van der Waals surface area (Å²) in [6.07, 6.45) is -12.6. The summed E-state index contributed by atoms with van der Waals surface area (Å²) in [5.41, 5.74) is -3.61. The standard InChI is InChI=1S/C27H22F7N5O4/c28-17-3-1-2-13(6-17)9-35-22-19-23(37-11-36-22)39(12-38-19)24-20(40)21(41)25(43-24)8-18(25)42-10-14-4-15(26(29,30)31)7-16(5-14)27(32,33)34/h1-7,11-12,18,20-21,24,40-41H,8-10H2,(H,35,36,37)/t18?,20-,21+,24-,25?/m1/s1. The summed E-state index contributed by atoms with van der Waals surface area (Å²) in [6.45, 7) is -0.408. The van der Waals surface area contributed by atoms with Crippen LogP contribution in [0.1, 0.15) is 34.9 Å². The van der Waals surface area contributed by atoms with Crippen molar-refractivity contribution in [2.24, 2.45) is 0 Å². The van der Waals surface area contributed by atoms with Gasteiger partial charge in [-0.15, -0.1) is 0 Å². The van der Waals surface area contributed by atoms with Crippen molar-refractivity contribution >= 4 is 17.0 Å². The molecule has 2 aromatic heterocycles. The number of nitrogens with zero attached hydrogens (tertiary/aromatic N) is 4. The SMILES string of the molecule is O[C@H]1[C@H](n2cnc3c(NCc4cccc(F)c4)ncnc32)OC2(CC2OCc2cc(C(F)(F)F)cc(C(F)(F)F)c2)[C@H]1O. The van der Waals surface area contributed by atoms with Gasteiger partial charge in [0.2, 0.25) is 0 Å². The minimum atomic E-state index is -5.01. The maximum atomic E-state index is 13.5. The van der Waals surface area contributed by atoms with E-state index in [1.54, 1.807) is 12.1 Å². The number of aliphatic hydroxyl groups excluding tert-OH is 2. The molecule has 6 rings (SSSR count). The number of hydrogen-bond donors (Lipinski definition) is 3. The third kappa shape index (κ3) is 5.50. The van der Waals surface area contributed by atoms with Crippen molar-refractivity contribution in [2.75, 3.05) is 5.32 Å². The number of hydrogen-bond acceptors (Lipinski definition) is 8. The number of fused-ring (bicyclic) bond motifs is 1. The summed E-state index contributed by atoms with van der Waals surface area (Å²) in [7, 11) is 0. The Labute approximate surface area is 237 Å². The van der Waals surface area contributed by atoms with E-state index in [-0.39, 0.29) is 30.2 Å². The first-order valence-electron chi connectivity index (χ1n) is 12.9. The highest BCUT2D eigenvalue weighted by atomic mass is 19.4. The molecule has 2 aliphatic rings. The minimum absolute atomic E-state index is 0.0221. The van der Waals surface area contributed by atoms with Gasteiger partial charge in [-0.25, -0.2) is 19.3 Å². The van der Waals surface area contributed by atoms with Gasteiger partial charge in [0.05, 0.1) is 30.2 Å². The van der Waals surface area contributed by atoms with Crippen molar-refractivity contribution in [2.45, 2.75) is 62.1 Å². The molecule has 2 unspecified atom stereocenters. The van der Waals surface area contributed by atoms with E-state index in [2.05, 4.69) is 20.3 Å². The van der Waals surface area contributed by atoms with Crippen LogP contribution < -0.4 is 5.32 Å². The molecule has 2 fully saturated rings. The zero-order valence-electron chi connectivity index (χ0n) is 21.8. The number of nitrogens with one attached hydrogen (secondary N) is 1. The highest BCUT2D eigenvalue weighted by molar-refractivity contribution is 5.82. The van der Waals surface area contributed by atoms with Gasteiger partial charge in [-0.3, -0.25) is 4.57 Å². The smallest absolute Gasteiger partial charge is 0.387 e. The zero-order chi connectivity index (χ0) is 30.7. The van der Waals surface area contributed by atoms with E-state index < -0.39 is 66.0 Å². The van der Waals surface area contributed by atoms with Crippen LogP contribution in [0.4, 0.5) is 36.6 Å². The lowest BCUT2D eigenvalue weighted by atomic mass is 10.1. The molecule has 1 saturated carbocycles. The molecule has 9 nitrogen and oxygen atoms in total. The predicted molar refractivity (Wildman–Crippen MR) is 134 cm³/mol. The first-order chi connectivity index (χ1) is 20.3. The van der Waals surface area contributed by atoms with Crippen molar-refractivity contribution in [3.8, 4) is 0 Å². The van der Waals surface area contributed by atoms with Gasteiger partial charge in [0.25, 0.3) is 0 Å². The van der Waals surface area contributed by atoms with Crippen LogP contribution >= 0.6 is 0 Å². The molecule has 1 spiro atoms. The first kappa shape index (κ1) is 29.2. The molecule has 0 radical (unpaired) electrons. The molecule has 1 aliphatic heterocycles. The second-order valence-corrected chi connectivity index (χ2v) is 10.3. The molecular formula is C27H22F7N5O4. The number of benzene rings is 2. The van der Waals surface area contributed by atoms with Crippen molar-refractivity contribution in [1.29, 1.82) is 0 Å². The van der Waals surface area contributed by atoms with E-state index in [4.69, 9.17) is 9.47 Å². The number of halogens is 7. The van der Waals surface area contributed by atoms with Crippen LogP contribution in [0.25, 0.3) is 11.2 Å². The van der Waals surface area contributed by atoms with Gasteiger partial charge in [0.15, 0.2) is 23.2 Å². The fourth-order valence-corrected chi connectivity index (χ4v) is 5.20. The minimum Gasteiger partial charge on any atom is -0.387 e. The van der Waals surface area contributed by atoms with Crippen LogP contribution in [-0.4, -0.2) is 53.6 Å². The Morgan fingerprint density at radius 3 is 2.37 bits per heavy atom. The summed E-state index contributed by atoms with van der Waals surface area (Å²) in [5, 5.41) is 24.7. The Bertz CT molecular complexity index is 1630. The number of aliphatic hydroxyl groups is 2. The van der Waals surface area contributed by atoms with Gasteiger partial charge in [0.1, 0.15) is 30.0 Å². The quantitative estimate of drug-likeness (QED) is 0.260. The van der Waals surface area contributed by atoms with Gasteiger partial charge >= 0.3 is 12.4 Å². The molecule has 16 heteroatoms. The number of aromatic nitrogens is 4. The van der Waals surface area contributed by atoms with Crippen molar-refractivity contribution in [3.05, 3.63) is 83.2 Å². The Hall–Kier alpha value is -3.86. The second kappa shape index (κ2) is 10.4. The van der Waals surface area contributed by atoms with Crippen LogP contribution in [0.5, 0.6) is 0 Å². The van der Waals surface area contributed by atoms with Crippen molar-refractivity contribution < 1.29 is 50.4 Å². The largest absolute Gasteiger partial charge is 0.416 e. The van der Waals surface area contributed by atoms with Gasteiger partial charge in [-0.05, 0) is 41.5 Å². The van der Waals surface area contributed by atoms with Crippen LogP contribution in [0.2, 0.25) is 0 Å². The number of anilines is 1. The lowest BCUT2D eigenvalue weighted by Gasteiger charge is -2.17. The summed E-state index contributed by atoms with van der Waals surface area (Å²) in [5.74, 6) is -0.0952. The van der Waals surface area contributed by atoms with E-state index in [1.165, 1.54) is 29.4 Å². The Kier molecular flexibility index (Phi) is 7.06. The summed E-state index contributed by atoms with van der Waals surface area (Å²) >= 11 is 0. The highest BCUT2D eigenvalue weighted by Gasteiger charge is 2.70. The molecular weight excluding hydrogens is 591 g/mol. The third-order valence-corrected chi connectivity index (χ3v) is 7.43. The van der Waals surface area contributed by atoms with E-state index in [1.807, 2.05) is 0 Å².